The lowest BCUT2D eigenvalue weighted by molar-refractivity contribution is 0.141. The van der Waals surface area contributed by atoms with E-state index in [1.54, 1.807) is 0 Å². The van der Waals surface area contributed by atoms with Crippen LogP contribution in [0, 0.1) is 6.92 Å². The predicted octanol–water partition coefficient (Wildman–Crippen LogP) is 1.26. The summed E-state index contributed by atoms with van der Waals surface area (Å²) in [6.07, 6.45) is 0.909. The van der Waals surface area contributed by atoms with Crippen molar-refractivity contribution in [3.8, 4) is 5.75 Å². The van der Waals surface area contributed by atoms with Crippen molar-refractivity contribution in [1.82, 2.24) is 0 Å². The van der Waals surface area contributed by atoms with E-state index in [1.807, 2.05) is 25.1 Å². The van der Waals surface area contributed by atoms with Crippen molar-refractivity contribution in [3.63, 3.8) is 0 Å². The Morgan fingerprint density at radius 3 is 3.06 bits per heavy atom. The topological polar surface area (TPSA) is 77.1 Å². The molecule has 0 saturated carbocycles. The van der Waals surface area contributed by atoms with Gasteiger partial charge in [0, 0.05) is 6.42 Å². The quantitative estimate of drug-likeness (QED) is 0.358. The number of hydrogen-bond donors (Lipinski definition) is 2. The van der Waals surface area contributed by atoms with Crippen molar-refractivity contribution < 1.29 is 14.7 Å². The second kappa shape index (κ2) is 5.05. The number of oxime groups is 1. The van der Waals surface area contributed by atoms with Gasteiger partial charge in [-0.2, -0.15) is 0 Å². The number of ether oxygens (including phenoxy) is 2. The van der Waals surface area contributed by atoms with Gasteiger partial charge in [0.25, 0.3) is 0 Å². The number of amidine groups is 1. The second-order valence-corrected chi connectivity index (χ2v) is 4.09. The molecule has 1 aliphatic rings. The average Bonchev–Trinajstić information content (AvgIpc) is 2.83. The molecule has 1 unspecified atom stereocenters. The van der Waals surface area contributed by atoms with Crippen molar-refractivity contribution in [3.05, 3.63) is 29.3 Å². The molecule has 1 heterocycles. The van der Waals surface area contributed by atoms with Crippen LogP contribution < -0.4 is 10.5 Å². The number of benzene rings is 1. The van der Waals surface area contributed by atoms with Gasteiger partial charge in [0.15, 0.2) is 5.84 Å². The molecule has 1 aromatic carbocycles. The SMILES string of the molecule is Cc1ccc(OC2CCOC2)c(/C(N)=N/O)c1. The highest BCUT2D eigenvalue weighted by atomic mass is 16.5. The predicted molar refractivity (Wildman–Crippen MR) is 63.5 cm³/mol. The van der Waals surface area contributed by atoms with Crippen molar-refractivity contribution >= 4 is 5.84 Å². The monoisotopic (exact) mass is 236 g/mol. The molecule has 0 aromatic heterocycles. The van der Waals surface area contributed by atoms with Gasteiger partial charge in [-0.15, -0.1) is 0 Å². The highest BCUT2D eigenvalue weighted by Gasteiger charge is 2.19. The van der Waals surface area contributed by atoms with Crippen LogP contribution >= 0.6 is 0 Å². The number of aryl methyl sites for hydroxylation is 1. The lowest BCUT2D eigenvalue weighted by Crippen LogP contribution is -2.20. The highest BCUT2D eigenvalue weighted by Crippen LogP contribution is 2.23. The highest BCUT2D eigenvalue weighted by molar-refractivity contribution is 5.99. The largest absolute Gasteiger partial charge is 0.487 e. The van der Waals surface area contributed by atoms with Crippen molar-refractivity contribution in [1.29, 1.82) is 0 Å². The van der Waals surface area contributed by atoms with Crippen LogP contribution in [-0.4, -0.2) is 30.4 Å². The zero-order chi connectivity index (χ0) is 12.3. The Hall–Kier alpha value is -1.75. The Bertz CT molecular complexity index is 426. The van der Waals surface area contributed by atoms with E-state index in [-0.39, 0.29) is 11.9 Å². The molecule has 1 atom stereocenters. The molecule has 92 valence electrons. The van der Waals surface area contributed by atoms with E-state index >= 15 is 0 Å². The first kappa shape index (κ1) is 11.7. The zero-order valence-corrected chi connectivity index (χ0v) is 9.72. The lowest BCUT2D eigenvalue weighted by Gasteiger charge is -2.15. The van der Waals surface area contributed by atoms with E-state index in [9.17, 15) is 0 Å². The third-order valence-electron chi connectivity index (χ3n) is 2.70. The van der Waals surface area contributed by atoms with Gasteiger partial charge in [-0.1, -0.05) is 16.8 Å². The van der Waals surface area contributed by atoms with E-state index < -0.39 is 0 Å². The average molecular weight is 236 g/mol. The number of nitrogens with two attached hydrogens (primary N) is 1. The fourth-order valence-electron chi connectivity index (χ4n) is 1.79. The third kappa shape index (κ3) is 2.68. The Kier molecular flexibility index (Phi) is 3.49. The van der Waals surface area contributed by atoms with Crippen LogP contribution in [0.15, 0.2) is 23.4 Å². The molecule has 1 aliphatic heterocycles. The van der Waals surface area contributed by atoms with Crippen LogP contribution in [0.1, 0.15) is 17.5 Å². The Labute approximate surface area is 99.8 Å². The molecule has 0 radical (unpaired) electrons. The fraction of sp³-hybridized carbons (Fsp3) is 0.417. The first-order valence-corrected chi connectivity index (χ1v) is 5.53. The second-order valence-electron chi connectivity index (χ2n) is 4.09. The standard InChI is InChI=1S/C12H16N2O3/c1-8-2-3-11(10(6-8)12(13)14-15)17-9-4-5-16-7-9/h2-3,6,9,15H,4-5,7H2,1H3,(H2,13,14). The van der Waals surface area contributed by atoms with E-state index in [1.165, 1.54) is 0 Å². The maximum Gasteiger partial charge on any atom is 0.173 e. The van der Waals surface area contributed by atoms with Gasteiger partial charge in [-0.25, -0.2) is 0 Å². The first-order chi connectivity index (χ1) is 8.20. The van der Waals surface area contributed by atoms with Crippen LogP contribution in [0.2, 0.25) is 0 Å². The molecule has 3 N–H and O–H groups in total. The smallest absolute Gasteiger partial charge is 0.173 e. The summed E-state index contributed by atoms with van der Waals surface area (Å²) in [5.41, 5.74) is 7.27. The molecule has 0 spiro atoms. The van der Waals surface area contributed by atoms with E-state index in [0.717, 1.165) is 18.6 Å². The number of nitrogens with zero attached hydrogens (tertiary/aromatic N) is 1. The molecule has 17 heavy (non-hydrogen) atoms. The van der Waals surface area contributed by atoms with Crippen molar-refractivity contribution in [2.75, 3.05) is 13.2 Å². The third-order valence-corrected chi connectivity index (χ3v) is 2.70. The molecule has 0 aliphatic carbocycles. The maximum atomic E-state index is 8.75. The summed E-state index contributed by atoms with van der Waals surface area (Å²) in [6, 6.07) is 5.60. The van der Waals surface area contributed by atoms with Crippen molar-refractivity contribution in [2.45, 2.75) is 19.4 Å². The molecule has 0 amide bonds. The molecular weight excluding hydrogens is 220 g/mol. The fourth-order valence-corrected chi connectivity index (χ4v) is 1.79. The van der Waals surface area contributed by atoms with Crippen LogP contribution in [-0.2, 0) is 4.74 Å². The van der Waals surface area contributed by atoms with Gasteiger partial charge in [-0.05, 0) is 19.1 Å². The summed E-state index contributed by atoms with van der Waals surface area (Å²) in [5.74, 6) is 0.684. The Morgan fingerprint density at radius 1 is 1.59 bits per heavy atom. The summed E-state index contributed by atoms with van der Waals surface area (Å²) in [7, 11) is 0. The van der Waals surface area contributed by atoms with E-state index in [4.69, 9.17) is 20.4 Å². The van der Waals surface area contributed by atoms with Crippen LogP contribution in [0.5, 0.6) is 5.75 Å². The summed E-state index contributed by atoms with van der Waals surface area (Å²) in [5, 5.41) is 11.8. The van der Waals surface area contributed by atoms with Crippen LogP contribution in [0.4, 0.5) is 0 Å². The van der Waals surface area contributed by atoms with Gasteiger partial charge in [0.1, 0.15) is 11.9 Å². The minimum absolute atomic E-state index is 0.0444. The number of rotatable bonds is 3. The summed E-state index contributed by atoms with van der Waals surface area (Å²) in [4.78, 5) is 0. The van der Waals surface area contributed by atoms with Gasteiger partial charge in [0.05, 0.1) is 18.8 Å². The molecule has 0 bridgehead atoms. The van der Waals surface area contributed by atoms with Gasteiger partial charge < -0.3 is 20.4 Å². The molecular formula is C12H16N2O3. The lowest BCUT2D eigenvalue weighted by atomic mass is 10.1. The normalized spacial score (nSPS) is 20.5. The summed E-state index contributed by atoms with van der Waals surface area (Å²) in [6.45, 7) is 3.25. The minimum atomic E-state index is 0.0444. The Morgan fingerprint density at radius 2 is 2.41 bits per heavy atom. The molecule has 1 aromatic rings. The van der Waals surface area contributed by atoms with Crippen LogP contribution in [0.25, 0.3) is 0 Å². The minimum Gasteiger partial charge on any atom is -0.487 e. The van der Waals surface area contributed by atoms with Gasteiger partial charge in [0.2, 0.25) is 0 Å². The summed E-state index contributed by atoms with van der Waals surface area (Å²) < 4.78 is 11.0. The molecule has 1 fully saturated rings. The van der Waals surface area contributed by atoms with E-state index in [0.29, 0.717) is 17.9 Å². The molecule has 5 heteroatoms. The maximum absolute atomic E-state index is 8.75. The van der Waals surface area contributed by atoms with Gasteiger partial charge >= 0.3 is 0 Å². The van der Waals surface area contributed by atoms with Gasteiger partial charge in [-0.3, -0.25) is 0 Å². The zero-order valence-electron chi connectivity index (χ0n) is 9.72. The first-order valence-electron chi connectivity index (χ1n) is 5.53. The molecule has 2 rings (SSSR count). The van der Waals surface area contributed by atoms with Crippen molar-refractivity contribution in [2.24, 2.45) is 10.9 Å². The summed E-state index contributed by atoms with van der Waals surface area (Å²) >= 11 is 0. The molecule has 1 saturated heterocycles. The van der Waals surface area contributed by atoms with E-state index in [2.05, 4.69) is 5.16 Å². The Balaban J connectivity index is 2.25. The number of hydrogen-bond acceptors (Lipinski definition) is 4. The van der Waals surface area contributed by atoms with Crippen LogP contribution in [0.3, 0.4) is 0 Å². The molecule has 5 nitrogen and oxygen atoms in total.